The molecule has 5 heteroatoms. The zero-order valence-electron chi connectivity index (χ0n) is 9.17. The maximum Gasteiger partial charge on any atom is 0.174 e. The van der Waals surface area contributed by atoms with E-state index in [9.17, 15) is 13.6 Å². The Kier molecular flexibility index (Phi) is 3.58. The summed E-state index contributed by atoms with van der Waals surface area (Å²) in [5.41, 5.74) is -0.470. The summed E-state index contributed by atoms with van der Waals surface area (Å²) >= 11 is 2.94. The second kappa shape index (κ2) is 4.82. The van der Waals surface area contributed by atoms with Crippen LogP contribution in [0.5, 0.6) is 0 Å². The van der Waals surface area contributed by atoms with Gasteiger partial charge in [0.05, 0.1) is 22.7 Å². The topological polar surface area (TPSA) is 26.3 Å². The third-order valence-electron chi connectivity index (χ3n) is 2.86. The highest BCUT2D eigenvalue weighted by Crippen LogP contribution is 2.28. The van der Waals surface area contributed by atoms with Gasteiger partial charge in [0, 0.05) is 5.92 Å². The van der Waals surface area contributed by atoms with Gasteiger partial charge in [-0.1, -0.05) is 0 Å². The average Bonchev–Trinajstić information content (AvgIpc) is 2.71. The summed E-state index contributed by atoms with van der Waals surface area (Å²) in [5, 5.41) is 0. The van der Waals surface area contributed by atoms with E-state index in [1.165, 1.54) is 6.07 Å². The van der Waals surface area contributed by atoms with Gasteiger partial charge in [-0.05, 0) is 41.4 Å². The van der Waals surface area contributed by atoms with E-state index < -0.39 is 28.9 Å². The van der Waals surface area contributed by atoms with Crippen molar-refractivity contribution in [2.45, 2.75) is 19.4 Å². The third-order valence-corrected chi connectivity index (χ3v) is 3.47. The predicted octanol–water partition coefficient (Wildman–Crippen LogP) is 3.34. The summed E-state index contributed by atoms with van der Waals surface area (Å²) in [7, 11) is 0. The van der Waals surface area contributed by atoms with Gasteiger partial charge in [-0.3, -0.25) is 4.79 Å². The molecule has 2 atom stereocenters. The molecular weight excluding hydrogens is 294 g/mol. The molecule has 1 saturated heterocycles. The van der Waals surface area contributed by atoms with Crippen molar-refractivity contribution in [3.63, 3.8) is 0 Å². The van der Waals surface area contributed by atoms with E-state index in [2.05, 4.69) is 15.9 Å². The van der Waals surface area contributed by atoms with Gasteiger partial charge in [-0.15, -0.1) is 0 Å². The largest absolute Gasteiger partial charge is 0.378 e. The van der Waals surface area contributed by atoms with E-state index in [1.807, 2.05) is 6.92 Å². The second-order valence-electron chi connectivity index (χ2n) is 4.16. The first kappa shape index (κ1) is 12.6. The molecule has 1 fully saturated rings. The maximum absolute atomic E-state index is 13.7. The van der Waals surface area contributed by atoms with Gasteiger partial charge in [-0.25, -0.2) is 8.78 Å². The molecule has 2 unspecified atom stereocenters. The van der Waals surface area contributed by atoms with E-state index in [4.69, 9.17) is 4.74 Å². The first-order valence-corrected chi connectivity index (χ1v) is 6.09. The molecule has 0 bridgehead atoms. The molecule has 2 rings (SSSR count). The molecule has 92 valence electrons. The van der Waals surface area contributed by atoms with E-state index in [1.54, 1.807) is 0 Å². The normalized spacial score (nSPS) is 24.0. The molecule has 2 nitrogen and oxygen atoms in total. The number of ketones is 1. The van der Waals surface area contributed by atoms with Gasteiger partial charge in [0.25, 0.3) is 0 Å². The van der Waals surface area contributed by atoms with Crippen LogP contribution in [0.15, 0.2) is 16.6 Å². The lowest BCUT2D eigenvalue weighted by Gasteiger charge is -2.09. The first-order valence-electron chi connectivity index (χ1n) is 5.30. The van der Waals surface area contributed by atoms with E-state index >= 15 is 0 Å². The molecule has 0 aliphatic carbocycles. The zero-order valence-corrected chi connectivity index (χ0v) is 10.8. The molecule has 1 aliphatic heterocycles. The summed E-state index contributed by atoms with van der Waals surface area (Å²) in [5.74, 6) is -2.64. The molecule has 1 aliphatic rings. The Labute approximate surface area is 106 Å². The number of carbonyl (C=O) groups is 1. The number of ether oxygens (including phenoxy) is 1. The molecule has 0 amide bonds. The van der Waals surface area contributed by atoms with Gasteiger partial charge in [0.15, 0.2) is 11.6 Å². The van der Waals surface area contributed by atoms with Crippen molar-refractivity contribution >= 4 is 21.7 Å². The highest BCUT2D eigenvalue weighted by molar-refractivity contribution is 9.10. The highest BCUT2D eigenvalue weighted by Gasteiger charge is 2.32. The molecule has 17 heavy (non-hydrogen) atoms. The second-order valence-corrected chi connectivity index (χ2v) is 5.01. The Morgan fingerprint density at radius 3 is 2.76 bits per heavy atom. The fraction of sp³-hybridized carbons (Fsp3) is 0.417. The number of hydrogen-bond donors (Lipinski definition) is 0. The Hall–Kier alpha value is -0.810. The minimum atomic E-state index is -0.838. The van der Waals surface area contributed by atoms with Crippen molar-refractivity contribution in [2.75, 3.05) is 6.61 Å². The molecule has 0 radical (unpaired) electrons. The average molecular weight is 305 g/mol. The minimum absolute atomic E-state index is 0.0396. The van der Waals surface area contributed by atoms with Crippen molar-refractivity contribution in [2.24, 2.45) is 5.92 Å². The van der Waals surface area contributed by atoms with Gasteiger partial charge < -0.3 is 4.74 Å². The lowest BCUT2D eigenvalue weighted by Crippen LogP contribution is -2.18. The van der Waals surface area contributed by atoms with Crippen LogP contribution in [0.4, 0.5) is 8.78 Å². The minimum Gasteiger partial charge on any atom is -0.378 e. The van der Waals surface area contributed by atoms with Crippen molar-refractivity contribution in [3.05, 3.63) is 33.8 Å². The first-order chi connectivity index (χ1) is 8.00. The molecular formula is C12H11BrF2O2. The Morgan fingerprint density at radius 1 is 1.47 bits per heavy atom. The summed E-state index contributed by atoms with van der Waals surface area (Å²) in [6.07, 6.45) is 0.465. The van der Waals surface area contributed by atoms with Crippen LogP contribution in [0.1, 0.15) is 23.7 Å². The molecule has 1 aromatic carbocycles. The zero-order chi connectivity index (χ0) is 12.6. The molecule has 0 spiro atoms. The van der Waals surface area contributed by atoms with Crippen LogP contribution < -0.4 is 0 Å². The molecule has 1 aromatic rings. The predicted molar refractivity (Wildman–Crippen MR) is 61.9 cm³/mol. The van der Waals surface area contributed by atoms with Crippen LogP contribution in [0.3, 0.4) is 0 Å². The van der Waals surface area contributed by atoms with Crippen LogP contribution in [0, 0.1) is 17.6 Å². The van der Waals surface area contributed by atoms with E-state index in [-0.39, 0.29) is 17.2 Å². The fourth-order valence-corrected chi connectivity index (χ4v) is 2.29. The Morgan fingerprint density at radius 2 is 2.18 bits per heavy atom. The van der Waals surface area contributed by atoms with Gasteiger partial charge in [-0.2, -0.15) is 0 Å². The van der Waals surface area contributed by atoms with Crippen molar-refractivity contribution in [1.29, 1.82) is 0 Å². The number of Topliss-reactive ketones (excluding diaryl/α,β-unsaturated/α-hetero) is 1. The lowest BCUT2D eigenvalue weighted by molar-refractivity contribution is 0.0869. The number of rotatable bonds is 2. The maximum atomic E-state index is 13.7. The van der Waals surface area contributed by atoms with Crippen LogP contribution in [-0.2, 0) is 4.74 Å². The van der Waals surface area contributed by atoms with Gasteiger partial charge in [0.1, 0.15) is 5.82 Å². The Balaban J connectivity index is 2.34. The van der Waals surface area contributed by atoms with Crippen LogP contribution in [0.25, 0.3) is 0 Å². The standard InChI is InChI=1S/C12H11BrF2O2/c1-6-4-7(5-17-6)12(16)10-9(14)3-2-8(13)11(10)15/h2-3,6-7H,4-5H2,1H3. The van der Waals surface area contributed by atoms with Crippen molar-refractivity contribution in [1.82, 2.24) is 0 Å². The smallest absolute Gasteiger partial charge is 0.174 e. The summed E-state index contributed by atoms with van der Waals surface area (Å²) in [4.78, 5) is 12.0. The molecule has 0 aromatic heterocycles. The van der Waals surface area contributed by atoms with Crippen LogP contribution in [0.2, 0.25) is 0 Å². The van der Waals surface area contributed by atoms with Crippen LogP contribution >= 0.6 is 15.9 Å². The summed E-state index contributed by atoms with van der Waals surface area (Å²) < 4.78 is 32.6. The molecule has 0 N–H and O–H groups in total. The Bertz CT molecular complexity index is 462. The third kappa shape index (κ3) is 2.40. The number of halogens is 3. The van der Waals surface area contributed by atoms with E-state index in [0.717, 1.165) is 6.07 Å². The van der Waals surface area contributed by atoms with Gasteiger partial charge >= 0.3 is 0 Å². The molecule has 0 saturated carbocycles. The monoisotopic (exact) mass is 304 g/mol. The lowest BCUT2D eigenvalue weighted by atomic mass is 9.95. The number of benzene rings is 1. The molecule has 1 heterocycles. The fourth-order valence-electron chi connectivity index (χ4n) is 1.96. The highest BCUT2D eigenvalue weighted by atomic mass is 79.9. The summed E-state index contributed by atoms with van der Waals surface area (Å²) in [6, 6.07) is 2.33. The van der Waals surface area contributed by atoms with Crippen molar-refractivity contribution < 1.29 is 18.3 Å². The van der Waals surface area contributed by atoms with E-state index in [0.29, 0.717) is 6.42 Å². The number of hydrogen-bond acceptors (Lipinski definition) is 2. The summed E-state index contributed by atoms with van der Waals surface area (Å²) in [6.45, 7) is 2.06. The quantitative estimate of drug-likeness (QED) is 0.619. The van der Waals surface area contributed by atoms with Gasteiger partial charge in [0.2, 0.25) is 0 Å². The van der Waals surface area contributed by atoms with Crippen LogP contribution in [-0.4, -0.2) is 18.5 Å². The SMILES string of the molecule is CC1CC(C(=O)c2c(F)ccc(Br)c2F)CO1. The number of carbonyl (C=O) groups excluding carboxylic acids is 1. The van der Waals surface area contributed by atoms with Crippen molar-refractivity contribution in [3.8, 4) is 0 Å².